The molecular formula is C23H34O6. The third-order valence-electron chi connectivity index (χ3n) is 9.69. The molecule has 2 saturated heterocycles. The van der Waals surface area contributed by atoms with Gasteiger partial charge in [-0.3, -0.25) is 0 Å². The van der Waals surface area contributed by atoms with Crippen LogP contribution in [0.3, 0.4) is 0 Å². The van der Waals surface area contributed by atoms with Crippen LogP contribution in [0.5, 0.6) is 0 Å². The van der Waals surface area contributed by atoms with E-state index < -0.39 is 6.10 Å². The van der Waals surface area contributed by atoms with Gasteiger partial charge in [0, 0.05) is 18.9 Å². The molecule has 0 aromatic rings. The van der Waals surface area contributed by atoms with Crippen LogP contribution >= 0.6 is 0 Å². The molecule has 6 heteroatoms. The van der Waals surface area contributed by atoms with Crippen LogP contribution in [-0.4, -0.2) is 61.4 Å². The first-order valence-electron chi connectivity index (χ1n) is 12.0. The third kappa shape index (κ3) is 2.63. The van der Waals surface area contributed by atoms with Crippen LogP contribution in [0.4, 0.5) is 0 Å². The van der Waals surface area contributed by atoms with Crippen molar-refractivity contribution in [3.8, 4) is 0 Å². The summed E-state index contributed by atoms with van der Waals surface area (Å²) < 4.78 is 31.5. The first-order valence-corrected chi connectivity index (χ1v) is 12.0. The number of hydrogen-bond acceptors (Lipinski definition) is 6. The van der Waals surface area contributed by atoms with Gasteiger partial charge in [-0.2, -0.15) is 0 Å². The van der Waals surface area contributed by atoms with Gasteiger partial charge in [0.15, 0.2) is 12.6 Å². The van der Waals surface area contributed by atoms with Crippen LogP contribution in [0.1, 0.15) is 51.4 Å². The first-order chi connectivity index (χ1) is 14.2. The molecule has 7 rings (SSSR count). The Morgan fingerprint density at radius 2 is 1.14 bits per heavy atom. The van der Waals surface area contributed by atoms with Crippen molar-refractivity contribution in [1.82, 2.24) is 0 Å². The molecule has 29 heavy (non-hydrogen) atoms. The summed E-state index contributed by atoms with van der Waals surface area (Å²) in [6.45, 7) is 0. The van der Waals surface area contributed by atoms with E-state index in [9.17, 15) is 5.11 Å². The van der Waals surface area contributed by atoms with E-state index in [0.29, 0.717) is 11.8 Å². The SMILES string of the molecule is CO[C@@H]1[C@@H]2OC(C3CC4CCC3C4)O[C@@H]2[C@@H](O)[C@@H]2OC(C3CC4CCC3C4)O[C@@H]12. The van der Waals surface area contributed by atoms with E-state index in [4.69, 9.17) is 23.7 Å². The summed E-state index contributed by atoms with van der Waals surface area (Å²) in [6.07, 6.45) is 7.66. The van der Waals surface area contributed by atoms with Crippen molar-refractivity contribution >= 4 is 0 Å². The van der Waals surface area contributed by atoms with Crippen LogP contribution in [-0.2, 0) is 23.7 Å². The minimum absolute atomic E-state index is 0.215. The van der Waals surface area contributed by atoms with Crippen LogP contribution in [0.25, 0.3) is 0 Å². The normalized spacial score (nSPS) is 62.7. The maximum atomic E-state index is 11.2. The molecule has 162 valence electrons. The van der Waals surface area contributed by atoms with Gasteiger partial charge in [0.2, 0.25) is 0 Å². The molecule has 0 aromatic heterocycles. The lowest BCUT2D eigenvalue weighted by Gasteiger charge is -2.39. The monoisotopic (exact) mass is 406 g/mol. The highest BCUT2D eigenvalue weighted by Crippen LogP contribution is 2.55. The smallest absolute Gasteiger partial charge is 0.161 e. The van der Waals surface area contributed by atoms with Crippen LogP contribution in [0, 0.1) is 35.5 Å². The maximum Gasteiger partial charge on any atom is 0.161 e. The molecule has 8 unspecified atom stereocenters. The molecule has 0 radical (unpaired) electrons. The summed E-state index contributed by atoms with van der Waals surface area (Å²) in [5.41, 5.74) is 0. The van der Waals surface area contributed by atoms with E-state index in [1.807, 2.05) is 0 Å². The van der Waals surface area contributed by atoms with Gasteiger partial charge in [0.25, 0.3) is 0 Å². The van der Waals surface area contributed by atoms with Gasteiger partial charge in [-0.25, -0.2) is 0 Å². The molecule has 7 fully saturated rings. The molecule has 5 aliphatic carbocycles. The Bertz CT molecular complexity index is 605. The van der Waals surface area contributed by atoms with Crippen LogP contribution in [0.15, 0.2) is 0 Å². The molecule has 1 N–H and O–H groups in total. The van der Waals surface area contributed by atoms with E-state index >= 15 is 0 Å². The number of hydrogen-bond donors (Lipinski definition) is 1. The van der Waals surface area contributed by atoms with E-state index in [0.717, 1.165) is 23.7 Å². The Kier molecular flexibility index (Phi) is 4.19. The summed E-state index contributed by atoms with van der Waals surface area (Å²) in [5, 5.41) is 11.2. The third-order valence-corrected chi connectivity index (χ3v) is 9.69. The average Bonchev–Trinajstić information content (AvgIpc) is 3.56. The van der Waals surface area contributed by atoms with Crippen molar-refractivity contribution in [2.75, 3.05) is 7.11 Å². The van der Waals surface area contributed by atoms with Gasteiger partial charge < -0.3 is 28.8 Å². The minimum atomic E-state index is -0.719. The predicted molar refractivity (Wildman–Crippen MR) is 102 cm³/mol. The second-order valence-corrected chi connectivity index (χ2v) is 11.0. The Morgan fingerprint density at radius 3 is 1.52 bits per heavy atom. The molecule has 4 bridgehead atoms. The molecular weight excluding hydrogens is 372 g/mol. The molecule has 2 heterocycles. The van der Waals surface area contributed by atoms with Crippen LogP contribution < -0.4 is 0 Å². The zero-order chi connectivity index (χ0) is 19.3. The van der Waals surface area contributed by atoms with Gasteiger partial charge in [-0.15, -0.1) is 0 Å². The Morgan fingerprint density at radius 1 is 0.655 bits per heavy atom. The van der Waals surface area contributed by atoms with Gasteiger partial charge in [-0.1, -0.05) is 12.8 Å². The topological polar surface area (TPSA) is 66.4 Å². The fraction of sp³-hybridized carbons (Fsp3) is 1.00. The number of aliphatic hydroxyl groups excluding tert-OH is 1. The highest BCUT2D eigenvalue weighted by molar-refractivity contribution is 5.08. The fourth-order valence-corrected chi connectivity index (χ4v) is 8.37. The first kappa shape index (κ1) is 18.3. The summed E-state index contributed by atoms with van der Waals surface area (Å²) in [5.74, 6) is 4.06. The van der Waals surface area contributed by atoms with Crippen molar-refractivity contribution in [2.24, 2.45) is 35.5 Å². The largest absolute Gasteiger partial charge is 0.387 e. The lowest BCUT2D eigenvalue weighted by Crippen LogP contribution is -2.62. The Hall–Kier alpha value is -0.240. The minimum Gasteiger partial charge on any atom is -0.387 e. The Labute approximate surface area is 172 Å². The quantitative estimate of drug-likeness (QED) is 0.777. The Balaban J connectivity index is 1.10. The fourth-order valence-electron chi connectivity index (χ4n) is 8.37. The van der Waals surface area contributed by atoms with E-state index in [1.54, 1.807) is 7.11 Å². The molecule has 14 atom stereocenters. The maximum absolute atomic E-state index is 11.2. The van der Waals surface area contributed by atoms with Gasteiger partial charge in [-0.05, 0) is 62.2 Å². The summed E-state index contributed by atoms with van der Waals surface area (Å²) in [4.78, 5) is 0. The summed E-state index contributed by atoms with van der Waals surface area (Å²) in [7, 11) is 1.72. The zero-order valence-electron chi connectivity index (χ0n) is 17.2. The van der Waals surface area contributed by atoms with E-state index in [1.165, 1.54) is 51.4 Å². The highest BCUT2D eigenvalue weighted by Gasteiger charge is 2.63. The number of ether oxygens (including phenoxy) is 5. The van der Waals surface area contributed by atoms with Crippen molar-refractivity contribution in [3.63, 3.8) is 0 Å². The second kappa shape index (κ2) is 6.63. The van der Waals surface area contributed by atoms with E-state index in [-0.39, 0.29) is 43.1 Å². The molecule has 7 aliphatic rings. The highest BCUT2D eigenvalue weighted by atomic mass is 16.8. The zero-order valence-corrected chi connectivity index (χ0v) is 17.2. The summed E-state index contributed by atoms with van der Waals surface area (Å²) >= 11 is 0. The summed E-state index contributed by atoms with van der Waals surface area (Å²) in [6, 6.07) is 0. The number of aliphatic hydroxyl groups is 1. The molecule has 0 spiro atoms. The van der Waals surface area contributed by atoms with Crippen molar-refractivity contribution < 1.29 is 28.8 Å². The lowest BCUT2D eigenvalue weighted by molar-refractivity contribution is -0.163. The molecule has 0 aromatic carbocycles. The van der Waals surface area contributed by atoms with E-state index in [2.05, 4.69) is 0 Å². The number of rotatable bonds is 3. The van der Waals surface area contributed by atoms with Gasteiger partial charge in [0.1, 0.15) is 36.6 Å². The van der Waals surface area contributed by atoms with Crippen LogP contribution in [0.2, 0.25) is 0 Å². The van der Waals surface area contributed by atoms with Gasteiger partial charge >= 0.3 is 0 Å². The molecule has 6 nitrogen and oxygen atoms in total. The standard InChI is InChI=1S/C23H34O6/c1-25-19-20-17(26-22(28-20)14-8-10-2-4-12(14)6-10)16(24)18-21(19)29-23(27-18)15-9-11-3-5-13(15)7-11/h10-24H,2-9H2,1H3/t10?,11?,12?,13?,14?,15?,16-,17-,18+,19-,20-,21-,22?,23?/m1/s1. The van der Waals surface area contributed by atoms with Crippen molar-refractivity contribution in [1.29, 1.82) is 0 Å². The average molecular weight is 407 g/mol. The predicted octanol–water partition coefficient (Wildman–Crippen LogP) is 2.47. The number of fused-ring (bicyclic) bond motifs is 6. The van der Waals surface area contributed by atoms with Crippen molar-refractivity contribution in [2.45, 2.75) is 101 Å². The molecule has 2 aliphatic heterocycles. The molecule has 0 amide bonds. The molecule has 5 saturated carbocycles. The lowest BCUT2D eigenvalue weighted by atomic mass is 9.85. The second-order valence-electron chi connectivity index (χ2n) is 11.0. The van der Waals surface area contributed by atoms with Crippen molar-refractivity contribution in [3.05, 3.63) is 0 Å². The van der Waals surface area contributed by atoms with Gasteiger partial charge in [0.05, 0.1) is 0 Å². The number of methoxy groups -OCH3 is 1.